The van der Waals surface area contributed by atoms with Gasteiger partial charge in [0.1, 0.15) is 0 Å². The molecule has 2 unspecified atom stereocenters. The summed E-state index contributed by atoms with van der Waals surface area (Å²) in [5.41, 5.74) is 2.47. The number of allylic oxidation sites excluding steroid dienone is 2. The largest absolute Gasteiger partial charge is 0.296 e. The third kappa shape index (κ3) is 4.42. The Bertz CT molecular complexity index is 599. The van der Waals surface area contributed by atoms with Crippen molar-refractivity contribution in [1.82, 2.24) is 0 Å². The summed E-state index contributed by atoms with van der Waals surface area (Å²) in [6, 6.07) is 6.77. The molecule has 0 amide bonds. The average Bonchev–Trinajstić information content (AvgIpc) is 2.46. The third-order valence-corrected chi connectivity index (χ3v) is 5.57. The van der Waals surface area contributed by atoms with Crippen molar-refractivity contribution < 1.29 is 12.6 Å². The normalized spacial score (nSPS) is 20.9. The molecule has 1 aliphatic carbocycles. The second-order valence-corrected chi connectivity index (χ2v) is 7.73. The SMILES string of the molecule is CC1=CCC(C(C)COS(=O)(=O)c2ccc(C)cc2)CC1. The lowest BCUT2D eigenvalue weighted by molar-refractivity contribution is 0.202. The van der Waals surface area contributed by atoms with Crippen LogP contribution in [0.15, 0.2) is 40.8 Å². The van der Waals surface area contributed by atoms with Gasteiger partial charge < -0.3 is 0 Å². The van der Waals surface area contributed by atoms with Gasteiger partial charge in [0.05, 0.1) is 11.5 Å². The maximum Gasteiger partial charge on any atom is 0.296 e. The Kier molecular flexibility index (Phi) is 5.22. The number of benzene rings is 1. The second kappa shape index (κ2) is 6.75. The van der Waals surface area contributed by atoms with Crippen LogP contribution in [0, 0.1) is 18.8 Å². The third-order valence-electron chi connectivity index (χ3n) is 4.28. The minimum atomic E-state index is -3.64. The molecule has 0 saturated heterocycles. The molecule has 4 heteroatoms. The van der Waals surface area contributed by atoms with Gasteiger partial charge in [-0.3, -0.25) is 4.18 Å². The zero-order chi connectivity index (χ0) is 15.5. The van der Waals surface area contributed by atoms with Gasteiger partial charge in [0.15, 0.2) is 0 Å². The highest BCUT2D eigenvalue weighted by Gasteiger charge is 2.23. The standard InChI is InChI=1S/C17H24O3S/c1-13-4-8-16(9-5-13)15(3)12-20-21(18,19)17-10-6-14(2)7-11-17/h4,6-7,10-11,15-16H,5,8-9,12H2,1-3H3. The maximum absolute atomic E-state index is 12.1. The van der Waals surface area contributed by atoms with E-state index < -0.39 is 10.1 Å². The van der Waals surface area contributed by atoms with Crippen molar-refractivity contribution in [3.05, 3.63) is 41.5 Å². The molecule has 21 heavy (non-hydrogen) atoms. The van der Waals surface area contributed by atoms with Crippen molar-refractivity contribution in [2.75, 3.05) is 6.61 Å². The second-order valence-electron chi connectivity index (χ2n) is 6.11. The van der Waals surface area contributed by atoms with E-state index in [2.05, 4.69) is 19.9 Å². The molecular formula is C17H24O3S. The van der Waals surface area contributed by atoms with Crippen LogP contribution in [0.1, 0.15) is 38.7 Å². The molecule has 0 aromatic heterocycles. The first kappa shape index (κ1) is 16.2. The zero-order valence-electron chi connectivity index (χ0n) is 13.0. The summed E-state index contributed by atoms with van der Waals surface area (Å²) < 4.78 is 29.5. The van der Waals surface area contributed by atoms with Gasteiger partial charge in [-0.15, -0.1) is 0 Å². The molecule has 1 aliphatic rings. The van der Waals surface area contributed by atoms with Gasteiger partial charge in [-0.25, -0.2) is 0 Å². The van der Waals surface area contributed by atoms with Crippen LogP contribution in [-0.2, 0) is 14.3 Å². The highest BCUT2D eigenvalue weighted by Crippen LogP contribution is 2.29. The zero-order valence-corrected chi connectivity index (χ0v) is 13.8. The lowest BCUT2D eigenvalue weighted by Gasteiger charge is -2.26. The summed E-state index contributed by atoms with van der Waals surface area (Å²) in [6.45, 7) is 6.41. The molecular weight excluding hydrogens is 284 g/mol. The number of hydrogen-bond acceptors (Lipinski definition) is 3. The molecule has 0 aliphatic heterocycles. The van der Waals surface area contributed by atoms with E-state index in [0.29, 0.717) is 5.92 Å². The van der Waals surface area contributed by atoms with Crippen LogP contribution in [0.5, 0.6) is 0 Å². The lowest BCUT2D eigenvalue weighted by atomic mass is 9.82. The lowest BCUT2D eigenvalue weighted by Crippen LogP contribution is -2.21. The minimum Gasteiger partial charge on any atom is -0.266 e. The first-order valence-electron chi connectivity index (χ1n) is 7.50. The fourth-order valence-corrected chi connectivity index (χ4v) is 3.61. The Hall–Kier alpha value is -1.13. The van der Waals surface area contributed by atoms with Gasteiger partial charge in [-0.2, -0.15) is 8.42 Å². The maximum atomic E-state index is 12.1. The van der Waals surface area contributed by atoms with Crippen molar-refractivity contribution in [1.29, 1.82) is 0 Å². The van der Waals surface area contributed by atoms with E-state index in [4.69, 9.17) is 4.18 Å². The fourth-order valence-electron chi connectivity index (χ4n) is 2.61. The predicted molar refractivity (Wildman–Crippen MR) is 84.6 cm³/mol. The van der Waals surface area contributed by atoms with Crippen LogP contribution >= 0.6 is 0 Å². The van der Waals surface area contributed by atoms with E-state index in [0.717, 1.165) is 24.8 Å². The quantitative estimate of drug-likeness (QED) is 0.608. The van der Waals surface area contributed by atoms with Crippen LogP contribution in [0.25, 0.3) is 0 Å². The first-order valence-corrected chi connectivity index (χ1v) is 8.91. The minimum absolute atomic E-state index is 0.236. The molecule has 0 saturated carbocycles. The summed E-state index contributed by atoms with van der Waals surface area (Å²) in [5, 5.41) is 0. The van der Waals surface area contributed by atoms with Gasteiger partial charge in [-0.1, -0.05) is 36.3 Å². The highest BCUT2D eigenvalue weighted by molar-refractivity contribution is 7.86. The topological polar surface area (TPSA) is 43.4 Å². The van der Waals surface area contributed by atoms with Gasteiger partial charge in [-0.05, 0) is 57.1 Å². The van der Waals surface area contributed by atoms with Crippen LogP contribution in [0.2, 0.25) is 0 Å². The van der Waals surface area contributed by atoms with E-state index >= 15 is 0 Å². The summed E-state index contributed by atoms with van der Waals surface area (Å²) in [7, 11) is -3.64. The van der Waals surface area contributed by atoms with Crippen molar-refractivity contribution in [2.24, 2.45) is 11.8 Å². The predicted octanol–water partition coefficient (Wildman–Crippen LogP) is 4.08. The molecule has 0 fully saturated rings. The van der Waals surface area contributed by atoms with Crippen LogP contribution in [-0.4, -0.2) is 15.0 Å². The van der Waals surface area contributed by atoms with E-state index in [1.54, 1.807) is 24.3 Å². The van der Waals surface area contributed by atoms with Crippen LogP contribution < -0.4 is 0 Å². The molecule has 0 bridgehead atoms. The Morgan fingerprint density at radius 1 is 1.24 bits per heavy atom. The van der Waals surface area contributed by atoms with Crippen molar-refractivity contribution >= 4 is 10.1 Å². The molecule has 0 heterocycles. The molecule has 1 aromatic carbocycles. The van der Waals surface area contributed by atoms with E-state index in [1.807, 2.05) is 6.92 Å². The fraction of sp³-hybridized carbons (Fsp3) is 0.529. The smallest absolute Gasteiger partial charge is 0.266 e. The van der Waals surface area contributed by atoms with E-state index in [1.165, 1.54) is 5.57 Å². The average molecular weight is 308 g/mol. The number of hydrogen-bond donors (Lipinski definition) is 0. The first-order chi connectivity index (χ1) is 9.88. The Labute approximate surface area is 128 Å². The Balaban J connectivity index is 1.94. The summed E-state index contributed by atoms with van der Waals surface area (Å²) in [4.78, 5) is 0.236. The molecule has 3 nitrogen and oxygen atoms in total. The van der Waals surface area contributed by atoms with Crippen LogP contribution in [0.3, 0.4) is 0 Å². The highest BCUT2D eigenvalue weighted by atomic mass is 32.2. The molecule has 0 spiro atoms. The van der Waals surface area contributed by atoms with Crippen molar-refractivity contribution in [3.8, 4) is 0 Å². The Morgan fingerprint density at radius 3 is 2.48 bits per heavy atom. The molecule has 116 valence electrons. The molecule has 2 rings (SSSR count). The summed E-state index contributed by atoms with van der Waals surface area (Å²) in [6.07, 6.45) is 5.53. The van der Waals surface area contributed by atoms with Gasteiger partial charge in [0.2, 0.25) is 0 Å². The summed E-state index contributed by atoms with van der Waals surface area (Å²) in [5.74, 6) is 0.761. The molecule has 0 N–H and O–H groups in total. The van der Waals surface area contributed by atoms with Crippen molar-refractivity contribution in [2.45, 2.75) is 44.9 Å². The number of aryl methyl sites for hydroxylation is 1. The van der Waals surface area contributed by atoms with Crippen molar-refractivity contribution in [3.63, 3.8) is 0 Å². The number of rotatable bonds is 5. The van der Waals surface area contributed by atoms with E-state index in [9.17, 15) is 8.42 Å². The Morgan fingerprint density at radius 2 is 1.90 bits per heavy atom. The van der Waals surface area contributed by atoms with Gasteiger partial charge in [0.25, 0.3) is 10.1 Å². The van der Waals surface area contributed by atoms with Gasteiger partial charge in [0, 0.05) is 0 Å². The molecule has 2 atom stereocenters. The van der Waals surface area contributed by atoms with E-state index in [-0.39, 0.29) is 17.4 Å². The summed E-state index contributed by atoms with van der Waals surface area (Å²) >= 11 is 0. The molecule has 1 aromatic rings. The monoisotopic (exact) mass is 308 g/mol. The molecule has 0 radical (unpaired) electrons. The van der Waals surface area contributed by atoms with Crippen LogP contribution in [0.4, 0.5) is 0 Å². The van der Waals surface area contributed by atoms with Gasteiger partial charge >= 0.3 is 0 Å².